The van der Waals surface area contributed by atoms with Crippen molar-refractivity contribution in [1.82, 2.24) is 0 Å². The monoisotopic (exact) mass is 428 g/mol. The maximum absolute atomic E-state index is 6.50. The van der Waals surface area contributed by atoms with Crippen molar-refractivity contribution < 1.29 is 23.7 Å². The van der Waals surface area contributed by atoms with E-state index in [0.717, 1.165) is 64.4 Å². The standard InChI is InChI=1S/C25H48O5/c1-6-11-16-26-20-22-24(28-18-13-8-3)25(29-19-14-9-4)23(27-17-12-7-2)21(30-22)15-10-5/h10,21-25H,5-9,11-20H2,1-4H3/t21-,22?,23?,24+,25-/m1/s1. The summed E-state index contributed by atoms with van der Waals surface area (Å²) in [7, 11) is 0. The summed E-state index contributed by atoms with van der Waals surface area (Å²) < 4.78 is 31.6. The van der Waals surface area contributed by atoms with E-state index in [4.69, 9.17) is 23.7 Å². The highest BCUT2D eigenvalue weighted by Crippen LogP contribution is 2.31. The fraction of sp³-hybridized carbons (Fsp3) is 0.920. The minimum Gasteiger partial charge on any atom is -0.379 e. The molecule has 0 aromatic heterocycles. The van der Waals surface area contributed by atoms with Crippen molar-refractivity contribution in [3.8, 4) is 0 Å². The van der Waals surface area contributed by atoms with E-state index in [1.165, 1.54) is 0 Å². The van der Waals surface area contributed by atoms with Gasteiger partial charge in [0.25, 0.3) is 0 Å². The topological polar surface area (TPSA) is 46.2 Å². The maximum Gasteiger partial charge on any atom is 0.115 e. The first-order valence-electron chi connectivity index (χ1n) is 12.4. The van der Waals surface area contributed by atoms with Crippen LogP contribution in [0.3, 0.4) is 0 Å². The van der Waals surface area contributed by atoms with Crippen LogP contribution in [0.15, 0.2) is 12.7 Å². The summed E-state index contributed by atoms with van der Waals surface area (Å²) in [6.07, 6.45) is 10.5. The highest BCUT2D eigenvalue weighted by Gasteiger charge is 2.47. The van der Waals surface area contributed by atoms with Crippen molar-refractivity contribution in [1.29, 1.82) is 0 Å². The van der Waals surface area contributed by atoms with Crippen LogP contribution in [-0.2, 0) is 23.7 Å². The first-order valence-corrected chi connectivity index (χ1v) is 12.4. The molecule has 0 radical (unpaired) electrons. The molecule has 0 aromatic carbocycles. The van der Waals surface area contributed by atoms with Crippen molar-refractivity contribution in [3.63, 3.8) is 0 Å². The molecule has 5 nitrogen and oxygen atoms in total. The molecule has 0 bridgehead atoms. The molecule has 5 heteroatoms. The average molecular weight is 429 g/mol. The minimum absolute atomic E-state index is 0.0863. The largest absolute Gasteiger partial charge is 0.379 e. The molecule has 0 saturated carbocycles. The molecule has 1 saturated heterocycles. The number of hydrogen-bond acceptors (Lipinski definition) is 5. The van der Waals surface area contributed by atoms with E-state index < -0.39 is 0 Å². The molecule has 30 heavy (non-hydrogen) atoms. The molecule has 2 unspecified atom stereocenters. The molecule has 0 aliphatic carbocycles. The second-order valence-electron chi connectivity index (χ2n) is 8.23. The van der Waals surface area contributed by atoms with Crippen LogP contribution in [0, 0.1) is 0 Å². The van der Waals surface area contributed by atoms with Crippen molar-refractivity contribution in [2.45, 2.75) is 116 Å². The molecule has 178 valence electrons. The van der Waals surface area contributed by atoms with Gasteiger partial charge in [0.2, 0.25) is 0 Å². The van der Waals surface area contributed by atoms with Crippen LogP contribution in [0.5, 0.6) is 0 Å². The lowest BCUT2D eigenvalue weighted by Gasteiger charge is -2.46. The van der Waals surface area contributed by atoms with E-state index in [1.54, 1.807) is 0 Å². The molecule has 0 spiro atoms. The van der Waals surface area contributed by atoms with Crippen molar-refractivity contribution >= 4 is 0 Å². The van der Waals surface area contributed by atoms with E-state index in [1.807, 2.05) is 6.08 Å². The van der Waals surface area contributed by atoms with Gasteiger partial charge in [-0.15, -0.1) is 6.58 Å². The first kappa shape index (κ1) is 27.6. The third-order valence-electron chi connectivity index (χ3n) is 5.48. The summed E-state index contributed by atoms with van der Waals surface area (Å²) in [6, 6.07) is 0. The third kappa shape index (κ3) is 10.2. The zero-order valence-electron chi connectivity index (χ0n) is 20.1. The molecule has 1 aliphatic rings. The molecule has 0 amide bonds. The summed E-state index contributed by atoms with van der Waals surface area (Å²) in [5.41, 5.74) is 0. The normalized spacial score (nSPS) is 26.7. The predicted molar refractivity (Wildman–Crippen MR) is 123 cm³/mol. The average Bonchev–Trinajstić information content (AvgIpc) is 2.75. The van der Waals surface area contributed by atoms with Crippen molar-refractivity contribution in [2.75, 3.05) is 33.0 Å². The molecular weight excluding hydrogens is 380 g/mol. The summed E-state index contributed by atoms with van der Waals surface area (Å²) in [5, 5.41) is 0. The summed E-state index contributed by atoms with van der Waals surface area (Å²) in [6.45, 7) is 16.1. The smallest absolute Gasteiger partial charge is 0.115 e. The summed E-state index contributed by atoms with van der Waals surface area (Å²) in [4.78, 5) is 0. The quantitative estimate of drug-likeness (QED) is 0.195. The molecule has 1 heterocycles. The van der Waals surface area contributed by atoms with Crippen LogP contribution in [0.2, 0.25) is 0 Å². The number of hydrogen-bond donors (Lipinski definition) is 0. The SMILES string of the molecule is C=CC[C@H]1OC(COCCCC)[C@H](OCCCC)[C@H](OCCCC)C1OCCCC. The Bertz CT molecular complexity index is 403. The van der Waals surface area contributed by atoms with Crippen LogP contribution in [0.1, 0.15) is 85.5 Å². The van der Waals surface area contributed by atoms with E-state index in [-0.39, 0.29) is 30.5 Å². The predicted octanol–water partition coefficient (Wildman–Crippen LogP) is 5.70. The van der Waals surface area contributed by atoms with E-state index >= 15 is 0 Å². The van der Waals surface area contributed by atoms with Gasteiger partial charge in [0.1, 0.15) is 24.4 Å². The zero-order chi connectivity index (χ0) is 22.0. The molecule has 1 aliphatic heterocycles. The Morgan fingerprint density at radius 3 is 1.63 bits per heavy atom. The van der Waals surface area contributed by atoms with Crippen molar-refractivity contribution in [3.05, 3.63) is 12.7 Å². The first-order chi connectivity index (χ1) is 14.7. The zero-order valence-corrected chi connectivity index (χ0v) is 20.1. The third-order valence-corrected chi connectivity index (χ3v) is 5.48. The Hall–Kier alpha value is -0.460. The van der Waals surface area contributed by atoms with E-state index in [2.05, 4.69) is 34.3 Å². The lowest BCUT2D eigenvalue weighted by Crippen LogP contribution is -2.61. The Kier molecular flexibility index (Phi) is 16.7. The molecule has 1 fully saturated rings. The van der Waals surface area contributed by atoms with Gasteiger partial charge in [-0.2, -0.15) is 0 Å². The highest BCUT2D eigenvalue weighted by atomic mass is 16.6. The van der Waals surface area contributed by atoms with Gasteiger partial charge in [0.15, 0.2) is 0 Å². The second kappa shape index (κ2) is 18.1. The van der Waals surface area contributed by atoms with Crippen LogP contribution in [-0.4, -0.2) is 63.6 Å². The molecule has 5 atom stereocenters. The van der Waals surface area contributed by atoms with Gasteiger partial charge in [0, 0.05) is 26.4 Å². The van der Waals surface area contributed by atoms with Gasteiger partial charge in [0.05, 0.1) is 12.7 Å². The Labute approximate surface area is 185 Å². The van der Waals surface area contributed by atoms with Gasteiger partial charge in [-0.05, 0) is 32.1 Å². The van der Waals surface area contributed by atoms with E-state index in [9.17, 15) is 0 Å². The van der Waals surface area contributed by atoms with Gasteiger partial charge < -0.3 is 23.7 Å². The summed E-state index contributed by atoms with van der Waals surface area (Å²) >= 11 is 0. The number of ether oxygens (including phenoxy) is 5. The fourth-order valence-corrected chi connectivity index (χ4v) is 3.61. The van der Waals surface area contributed by atoms with Crippen molar-refractivity contribution in [2.24, 2.45) is 0 Å². The van der Waals surface area contributed by atoms with Gasteiger partial charge in [-0.3, -0.25) is 0 Å². The van der Waals surface area contributed by atoms with Crippen LogP contribution < -0.4 is 0 Å². The van der Waals surface area contributed by atoms with Crippen LogP contribution >= 0.6 is 0 Å². The molecule has 0 N–H and O–H groups in total. The lowest BCUT2D eigenvalue weighted by atomic mass is 9.92. The minimum atomic E-state index is -0.178. The number of rotatable bonds is 19. The maximum atomic E-state index is 6.50. The molecule has 0 aromatic rings. The van der Waals surface area contributed by atoms with Crippen LogP contribution in [0.25, 0.3) is 0 Å². The highest BCUT2D eigenvalue weighted by molar-refractivity contribution is 4.97. The Morgan fingerprint density at radius 2 is 1.13 bits per heavy atom. The summed E-state index contributed by atoms with van der Waals surface area (Å²) in [5.74, 6) is 0. The Balaban J connectivity index is 2.99. The fourth-order valence-electron chi connectivity index (χ4n) is 3.61. The van der Waals surface area contributed by atoms with Gasteiger partial charge in [-0.25, -0.2) is 0 Å². The lowest BCUT2D eigenvalue weighted by molar-refractivity contribution is -0.265. The molecule has 1 rings (SSSR count). The Morgan fingerprint density at radius 1 is 0.667 bits per heavy atom. The van der Waals surface area contributed by atoms with Crippen LogP contribution in [0.4, 0.5) is 0 Å². The van der Waals surface area contributed by atoms with Gasteiger partial charge >= 0.3 is 0 Å². The second-order valence-corrected chi connectivity index (χ2v) is 8.23. The molecular formula is C25H48O5. The number of unbranched alkanes of at least 4 members (excludes halogenated alkanes) is 4. The van der Waals surface area contributed by atoms with E-state index in [0.29, 0.717) is 26.4 Å². The van der Waals surface area contributed by atoms with Gasteiger partial charge in [-0.1, -0.05) is 59.5 Å².